The van der Waals surface area contributed by atoms with E-state index in [9.17, 15) is 9.59 Å². The van der Waals surface area contributed by atoms with Crippen LogP contribution in [0.1, 0.15) is 5.76 Å². The summed E-state index contributed by atoms with van der Waals surface area (Å²) in [6.45, 7) is 0. The van der Waals surface area contributed by atoms with Crippen LogP contribution < -0.4 is 10.6 Å². The van der Waals surface area contributed by atoms with Gasteiger partial charge in [-0.05, 0) is 36.5 Å². The van der Waals surface area contributed by atoms with Gasteiger partial charge in [0.1, 0.15) is 11.3 Å². The molecule has 1 aliphatic heterocycles. The SMILES string of the molecule is O=C1NC(=S)NC(=O)C1=CC=Cc1ccco1. The average molecular weight is 248 g/mol. The zero-order chi connectivity index (χ0) is 12.3. The molecule has 2 rings (SSSR count). The Bertz CT molecular complexity index is 507. The first-order valence-corrected chi connectivity index (χ1v) is 5.16. The summed E-state index contributed by atoms with van der Waals surface area (Å²) in [5, 5.41) is 4.70. The number of furan rings is 1. The highest BCUT2D eigenvalue weighted by Crippen LogP contribution is 2.05. The van der Waals surface area contributed by atoms with Gasteiger partial charge in [0.25, 0.3) is 11.8 Å². The normalized spacial score (nSPS) is 16.0. The van der Waals surface area contributed by atoms with Gasteiger partial charge in [-0.25, -0.2) is 0 Å². The lowest BCUT2D eigenvalue weighted by molar-refractivity contribution is -0.123. The van der Waals surface area contributed by atoms with Crippen molar-refractivity contribution in [2.24, 2.45) is 0 Å². The van der Waals surface area contributed by atoms with E-state index in [1.807, 2.05) is 0 Å². The lowest BCUT2D eigenvalue weighted by atomic mass is 10.2. The number of hydrogen-bond donors (Lipinski definition) is 2. The second kappa shape index (κ2) is 4.75. The first-order chi connectivity index (χ1) is 8.16. The Labute approximate surface area is 102 Å². The van der Waals surface area contributed by atoms with E-state index in [1.165, 1.54) is 12.3 Å². The predicted octanol–water partition coefficient (Wildman–Crippen LogP) is 0.750. The summed E-state index contributed by atoms with van der Waals surface area (Å²) in [5.41, 5.74) is 0.00130. The molecule has 17 heavy (non-hydrogen) atoms. The molecular weight excluding hydrogens is 240 g/mol. The van der Waals surface area contributed by atoms with Gasteiger partial charge in [0, 0.05) is 0 Å². The topological polar surface area (TPSA) is 71.3 Å². The Morgan fingerprint density at radius 2 is 1.94 bits per heavy atom. The molecular formula is C11H8N2O3S. The van der Waals surface area contributed by atoms with Crippen molar-refractivity contribution in [1.29, 1.82) is 0 Å². The summed E-state index contributed by atoms with van der Waals surface area (Å²) >= 11 is 4.67. The highest BCUT2D eigenvalue weighted by atomic mass is 32.1. The van der Waals surface area contributed by atoms with Crippen molar-refractivity contribution in [2.75, 3.05) is 0 Å². The zero-order valence-corrected chi connectivity index (χ0v) is 9.41. The van der Waals surface area contributed by atoms with Crippen LogP contribution in [0.2, 0.25) is 0 Å². The smallest absolute Gasteiger partial charge is 0.263 e. The summed E-state index contributed by atoms with van der Waals surface area (Å²) in [7, 11) is 0. The van der Waals surface area contributed by atoms with Crippen LogP contribution in [0.3, 0.4) is 0 Å². The van der Waals surface area contributed by atoms with Gasteiger partial charge in [-0.2, -0.15) is 0 Å². The van der Waals surface area contributed by atoms with Crippen LogP contribution in [-0.2, 0) is 9.59 Å². The van der Waals surface area contributed by atoms with Crippen LogP contribution >= 0.6 is 12.2 Å². The van der Waals surface area contributed by atoms with Crippen LogP contribution in [0.25, 0.3) is 6.08 Å². The maximum absolute atomic E-state index is 11.4. The average Bonchev–Trinajstić information content (AvgIpc) is 2.74. The number of carbonyl (C=O) groups excluding carboxylic acids is 2. The van der Waals surface area contributed by atoms with Crippen molar-refractivity contribution < 1.29 is 14.0 Å². The van der Waals surface area contributed by atoms with Crippen LogP contribution in [0, 0.1) is 0 Å². The van der Waals surface area contributed by atoms with Gasteiger partial charge in [0.05, 0.1) is 6.26 Å². The zero-order valence-electron chi connectivity index (χ0n) is 8.60. The molecule has 0 radical (unpaired) electrons. The van der Waals surface area contributed by atoms with E-state index in [0.717, 1.165) is 0 Å². The van der Waals surface area contributed by atoms with Crippen LogP contribution in [0.15, 0.2) is 40.5 Å². The van der Waals surface area contributed by atoms with Gasteiger partial charge in [-0.3, -0.25) is 20.2 Å². The van der Waals surface area contributed by atoms with E-state index in [1.54, 1.807) is 24.3 Å². The van der Waals surface area contributed by atoms with Crippen LogP contribution in [0.5, 0.6) is 0 Å². The molecule has 1 aliphatic rings. The molecule has 2 heterocycles. The van der Waals surface area contributed by atoms with Crippen molar-refractivity contribution in [1.82, 2.24) is 10.6 Å². The fourth-order valence-electron chi connectivity index (χ4n) is 1.25. The summed E-state index contributed by atoms with van der Waals surface area (Å²) < 4.78 is 5.06. The number of rotatable bonds is 2. The van der Waals surface area contributed by atoms with E-state index < -0.39 is 11.8 Å². The van der Waals surface area contributed by atoms with Gasteiger partial charge in [-0.1, -0.05) is 6.08 Å². The van der Waals surface area contributed by atoms with Crippen molar-refractivity contribution in [2.45, 2.75) is 0 Å². The lowest BCUT2D eigenvalue weighted by Crippen LogP contribution is -2.51. The molecule has 0 saturated carbocycles. The van der Waals surface area contributed by atoms with Gasteiger partial charge in [0.15, 0.2) is 5.11 Å². The monoisotopic (exact) mass is 248 g/mol. The highest BCUT2D eigenvalue weighted by Gasteiger charge is 2.24. The third kappa shape index (κ3) is 2.67. The van der Waals surface area contributed by atoms with E-state index in [4.69, 9.17) is 4.42 Å². The van der Waals surface area contributed by atoms with Gasteiger partial charge < -0.3 is 4.42 Å². The van der Waals surface area contributed by atoms with Crippen molar-refractivity contribution in [3.05, 3.63) is 41.9 Å². The minimum Gasteiger partial charge on any atom is -0.465 e. The fraction of sp³-hybridized carbons (Fsp3) is 0. The second-order valence-corrected chi connectivity index (χ2v) is 3.60. The highest BCUT2D eigenvalue weighted by molar-refractivity contribution is 7.80. The molecule has 86 valence electrons. The molecule has 1 aromatic heterocycles. The molecule has 1 fully saturated rings. The summed E-state index contributed by atoms with van der Waals surface area (Å²) in [5.74, 6) is -0.389. The molecule has 1 aromatic rings. The number of nitrogens with one attached hydrogen (secondary N) is 2. The van der Waals surface area contributed by atoms with E-state index >= 15 is 0 Å². The number of thiocarbonyl (C=S) groups is 1. The molecule has 0 atom stereocenters. The Kier molecular flexibility index (Phi) is 3.15. The van der Waals surface area contributed by atoms with Gasteiger partial charge in [-0.15, -0.1) is 0 Å². The third-order valence-corrected chi connectivity index (χ3v) is 2.21. The minimum absolute atomic E-state index is 0.00130. The van der Waals surface area contributed by atoms with Gasteiger partial charge in [0.2, 0.25) is 0 Å². The second-order valence-electron chi connectivity index (χ2n) is 3.19. The molecule has 2 amide bonds. The van der Waals surface area contributed by atoms with Crippen LogP contribution in [0.4, 0.5) is 0 Å². The minimum atomic E-state index is -0.511. The standard InChI is InChI=1S/C11H8N2O3S/c14-9-8(10(15)13-11(17)12-9)5-1-3-7-4-2-6-16-7/h1-6H,(H2,12,13,14,15,17). The summed E-state index contributed by atoms with van der Waals surface area (Å²) in [6.07, 6.45) is 6.13. The van der Waals surface area contributed by atoms with Gasteiger partial charge >= 0.3 is 0 Å². The van der Waals surface area contributed by atoms with Crippen molar-refractivity contribution in [3.8, 4) is 0 Å². The summed E-state index contributed by atoms with van der Waals surface area (Å²) in [6, 6.07) is 3.50. The largest absolute Gasteiger partial charge is 0.465 e. The van der Waals surface area contributed by atoms with Crippen LogP contribution in [-0.4, -0.2) is 16.9 Å². The Morgan fingerprint density at radius 1 is 1.24 bits per heavy atom. The first-order valence-electron chi connectivity index (χ1n) is 4.75. The third-order valence-electron chi connectivity index (χ3n) is 2.01. The fourth-order valence-corrected chi connectivity index (χ4v) is 1.44. The van der Waals surface area contributed by atoms with E-state index in [2.05, 4.69) is 22.9 Å². The Hall–Kier alpha value is -2.21. The first kappa shape index (κ1) is 11.3. The molecule has 1 saturated heterocycles. The lowest BCUT2D eigenvalue weighted by Gasteiger charge is -2.15. The Balaban J connectivity index is 2.13. The Morgan fingerprint density at radius 3 is 2.53 bits per heavy atom. The molecule has 0 unspecified atom stereocenters. The van der Waals surface area contributed by atoms with E-state index in [-0.39, 0.29) is 10.7 Å². The molecule has 5 nitrogen and oxygen atoms in total. The number of amides is 2. The number of allylic oxidation sites excluding steroid dienone is 2. The van der Waals surface area contributed by atoms with Crippen molar-refractivity contribution in [3.63, 3.8) is 0 Å². The molecule has 2 N–H and O–H groups in total. The number of hydrogen-bond acceptors (Lipinski definition) is 4. The molecule has 6 heteroatoms. The molecule has 0 spiro atoms. The number of carbonyl (C=O) groups is 2. The molecule has 0 aromatic carbocycles. The van der Waals surface area contributed by atoms with E-state index in [0.29, 0.717) is 5.76 Å². The van der Waals surface area contributed by atoms with Crippen molar-refractivity contribution >= 4 is 35.2 Å². The predicted molar refractivity (Wildman–Crippen MR) is 64.7 cm³/mol. The molecule has 0 bridgehead atoms. The maximum Gasteiger partial charge on any atom is 0.263 e. The maximum atomic E-state index is 11.4. The quantitative estimate of drug-likeness (QED) is 0.460. The summed E-state index contributed by atoms with van der Waals surface area (Å²) in [4.78, 5) is 22.8. The molecule has 0 aliphatic carbocycles.